The van der Waals surface area contributed by atoms with Crippen molar-refractivity contribution in [1.29, 1.82) is 0 Å². The van der Waals surface area contributed by atoms with Gasteiger partial charge in [-0.3, -0.25) is 0 Å². The van der Waals surface area contributed by atoms with Gasteiger partial charge < -0.3 is 0 Å². The third-order valence-corrected chi connectivity index (χ3v) is 6.89. The van der Waals surface area contributed by atoms with Gasteiger partial charge in [-0.15, -0.1) is 0 Å². The predicted molar refractivity (Wildman–Crippen MR) is 100 cm³/mol. The minimum absolute atomic E-state index is 0.123. The first-order valence-electron chi connectivity index (χ1n) is 9.52. The van der Waals surface area contributed by atoms with Crippen LogP contribution in [-0.4, -0.2) is 0 Å². The first-order chi connectivity index (χ1) is 11.6. The van der Waals surface area contributed by atoms with Gasteiger partial charge in [-0.25, -0.2) is 4.39 Å². The summed E-state index contributed by atoms with van der Waals surface area (Å²) in [7, 11) is 0. The molecule has 0 aliphatic heterocycles. The lowest BCUT2D eigenvalue weighted by Crippen LogP contribution is -2.30. The maximum atomic E-state index is 14.6. The zero-order chi connectivity index (χ0) is 16.7. The Morgan fingerprint density at radius 3 is 2.62 bits per heavy atom. The second-order valence-electron chi connectivity index (χ2n) is 7.99. The third kappa shape index (κ3) is 3.08. The van der Waals surface area contributed by atoms with Gasteiger partial charge in [0.1, 0.15) is 5.82 Å². The number of hydrogen-bond acceptors (Lipinski definition) is 0. The molecule has 2 aliphatic rings. The van der Waals surface area contributed by atoms with E-state index in [-0.39, 0.29) is 5.82 Å². The molecule has 0 N–H and O–H groups in total. The number of benzene rings is 2. The molecule has 2 aromatic carbocycles. The minimum Gasteiger partial charge on any atom is -0.206 e. The average molecular weight is 345 g/mol. The molecule has 0 radical (unpaired) electrons. The number of hydrogen-bond donors (Lipinski definition) is 0. The number of fused-ring (bicyclic) bond motifs is 2. The van der Waals surface area contributed by atoms with Crippen molar-refractivity contribution in [2.24, 2.45) is 17.8 Å². The SMILES string of the molecule is CCC1CCC2CC(c3cc(F)c4cc(Cl)ccc4c3)CCC2C1. The van der Waals surface area contributed by atoms with Crippen LogP contribution in [0.5, 0.6) is 0 Å². The fraction of sp³-hybridized carbons (Fsp3) is 0.545. The van der Waals surface area contributed by atoms with E-state index in [9.17, 15) is 4.39 Å². The molecule has 0 nitrogen and oxygen atoms in total. The van der Waals surface area contributed by atoms with E-state index >= 15 is 0 Å². The van der Waals surface area contributed by atoms with E-state index in [0.29, 0.717) is 16.3 Å². The van der Waals surface area contributed by atoms with E-state index in [0.717, 1.165) is 23.1 Å². The maximum Gasteiger partial charge on any atom is 0.131 e. The molecular weight excluding hydrogens is 319 g/mol. The molecule has 0 amide bonds. The molecule has 0 bridgehead atoms. The zero-order valence-electron chi connectivity index (χ0n) is 14.4. The summed E-state index contributed by atoms with van der Waals surface area (Å²) in [5.41, 5.74) is 1.19. The van der Waals surface area contributed by atoms with Crippen molar-refractivity contribution in [3.8, 4) is 0 Å². The number of rotatable bonds is 2. The Morgan fingerprint density at radius 1 is 1.00 bits per heavy atom. The Balaban J connectivity index is 1.57. The van der Waals surface area contributed by atoms with Crippen molar-refractivity contribution in [3.05, 3.63) is 46.7 Å². The molecular formula is C22H26ClF. The molecule has 4 rings (SSSR count). The molecule has 2 aromatic rings. The lowest BCUT2D eigenvalue weighted by molar-refractivity contribution is 0.116. The maximum absolute atomic E-state index is 14.6. The molecule has 0 saturated heterocycles. The van der Waals surface area contributed by atoms with Gasteiger partial charge in [-0.2, -0.15) is 0 Å². The van der Waals surface area contributed by atoms with Crippen molar-refractivity contribution >= 4 is 22.4 Å². The summed E-state index contributed by atoms with van der Waals surface area (Å²) in [5.74, 6) is 3.13. The third-order valence-electron chi connectivity index (χ3n) is 6.66. The summed E-state index contributed by atoms with van der Waals surface area (Å²) in [5, 5.41) is 2.22. The van der Waals surface area contributed by atoms with Crippen molar-refractivity contribution in [2.45, 2.75) is 57.8 Å². The Labute approximate surface area is 149 Å². The normalized spacial score (nSPS) is 30.3. The summed E-state index contributed by atoms with van der Waals surface area (Å²) >= 11 is 6.01. The van der Waals surface area contributed by atoms with Gasteiger partial charge in [0.25, 0.3) is 0 Å². The summed E-state index contributed by atoms with van der Waals surface area (Å²) in [6.07, 6.45) is 9.34. The van der Waals surface area contributed by atoms with Crippen LogP contribution < -0.4 is 0 Å². The van der Waals surface area contributed by atoms with Crippen LogP contribution in [0.4, 0.5) is 4.39 Å². The summed E-state index contributed by atoms with van der Waals surface area (Å²) in [6, 6.07) is 9.50. The van der Waals surface area contributed by atoms with E-state index in [2.05, 4.69) is 13.0 Å². The van der Waals surface area contributed by atoms with Gasteiger partial charge in [-0.05, 0) is 84.9 Å². The molecule has 24 heavy (non-hydrogen) atoms. The smallest absolute Gasteiger partial charge is 0.131 e. The highest BCUT2D eigenvalue weighted by molar-refractivity contribution is 6.31. The van der Waals surface area contributed by atoms with Crippen LogP contribution >= 0.6 is 11.6 Å². The van der Waals surface area contributed by atoms with Crippen LogP contribution in [0.3, 0.4) is 0 Å². The largest absolute Gasteiger partial charge is 0.206 e. The average Bonchev–Trinajstić information content (AvgIpc) is 2.61. The highest BCUT2D eigenvalue weighted by Gasteiger charge is 2.35. The van der Waals surface area contributed by atoms with Crippen molar-refractivity contribution in [3.63, 3.8) is 0 Å². The van der Waals surface area contributed by atoms with E-state index in [1.54, 1.807) is 12.1 Å². The zero-order valence-corrected chi connectivity index (χ0v) is 15.2. The van der Waals surface area contributed by atoms with Crippen molar-refractivity contribution in [2.75, 3.05) is 0 Å². The van der Waals surface area contributed by atoms with E-state index in [1.165, 1.54) is 50.5 Å². The van der Waals surface area contributed by atoms with Crippen molar-refractivity contribution < 1.29 is 4.39 Å². The minimum atomic E-state index is -0.123. The van der Waals surface area contributed by atoms with Crippen LogP contribution in [-0.2, 0) is 0 Å². The number of halogens is 2. The molecule has 0 aromatic heterocycles. The standard InChI is InChI=1S/C22H26ClF/c1-2-14-3-4-16-10-17(6-5-15(16)9-14)19-11-18-7-8-20(23)13-21(18)22(24)12-19/h7-8,11-17H,2-6,9-10H2,1H3. The molecule has 2 saturated carbocycles. The van der Waals surface area contributed by atoms with E-state index < -0.39 is 0 Å². The Morgan fingerprint density at radius 2 is 1.79 bits per heavy atom. The second kappa shape index (κ2) is 6.67. The fourth-order valence-corrected chi connectivity index (χ4v) is 5.37. The van der Waals surface area contributed by atoms with Crippen LogP contribution in [0, 0.1) is 23.6 Å². The fourth-order valence-electron chi connectivity index (χ4n) is 5.20. The summed E-state index contributed by atoms with van der Waals surface area (Å²) in [6.45, 7) is 2.33. The van der Waals surface area contributed by atoms with Gasteiger partial charge in [0, 0.05) is 10.4 Å². The van der Waals surface area contributed by atoms with Gasteiger partial charge in [0.05, 0.1) is 0 Å². The van der Waals surface area contributed by atoms with Crippen LogP contribution in [0.25, 0.3) is 10.8 Å². The van der Waals surface area contributed by atoms with Gasteiger partial charge in [0.2, 0.25) is 0 Å². The van der Waals surface area contributed by atoms with E-state index in [1.807, 2.05) is 12.1 Å². The molecule has 4 atom stereocenters. The first kappa shape index (κ1) is 16.4. The monoisotopic (exact) mass is 344 g/mol. The first-order valence-corrected chi connectivity index (χ1v) is 9.90. The molecule has 2 fully saturated rings. The van der Waals surface area contributed by atoms with E-state index in [4.69, 9.17) is 11.6 Å². The van der Waals surface area contributed by atoms with Gasteiger partial charge >= 0.3 is 0 Å². The molecule has 0 heterocycles. The molecule has 2 heteroatoms. The molecule has 4 unspecified atom stereocenters. The molecule has 2 aliphatic carbocycles. The lowest BCUT2D eigenvalue weighted by Gasteiger charge is -2.42. The summed E-state index contributed by atoms with van der Waals surface area (Å²) in [4.78, 5) is 0. The van der Waals surface area contributed by atoms with Crippen molar-refractivity contribution in [1.82, 2.24) is 0 Å². The van der Waals surface area contributed by atoms with Crippen LogP contribution in [0.1, 0.15) is 63.4 Å². The highest BCUT2D eigenvalue weighted by atomic mass is 35.5. The van der Waals surface area contributed by atoms with Gasteiger partial charge in [-0.1, -0.05) is 43.5 Å². The molecule has 128 valence electrons. The Kier molecular flexibility index (Phi) is 4.56. The molecule has 0 spiro atoms. The highest BCUT2D eigenvalue weighted by Crippen LogP contribution is 2.48. The Bertz CT molecular complexity index is 738. The Hall–Kier alpha value is -1.08. The quantitative estimate of drug-likeness (QED) is 0.534. The second-order valence-corrected chi connectivity index (χ2v) is 8.42. The van der Waals surface area contributed by atoms with Gasteiger partial charge in [0.15, 0.2) is 0 Å². The predicted octanol–water partition coefficient (Wildman–Crippen LogP) is 7.34. The van der Waals surface area contributed by atoms with Crippen LogP contribution in [0.2, 0.25) is 5.02 Å². The summed E-state index contributed by atoms with van der Waals surface area (Å²) < 4.78 is 14.6. The lowest BCUT2D eigenvalue weighted by atomic mass is 9.63. The van der Waals surface area contributed by atoms with Crippen LogP contribution in [0.15, 0.2) is 30.3 Å². The topological polar surface area (TPSA) is 0 Å².